The summed E-state index contributed by atoms with van der Waals surface area (Å²) >= 11 is 0. The molecular formula is C21H28N4O5. The molecule has 162 valence electrons. The zero-order chi connectivity index (χ0) is 20.9. The molecule has 0 aliphatic carbocycles. The summed E-state index contributed by atoms with van der Waals surface area (Å²) in [7, 11) is 0. The van der Waals surface area contributed by atoms with Gasteiger partial charge in [-0.25, -0.2) is 4.68 Å². The molecular weight excluding hydrogens is 388 g/mol. The van der Waals surface area contributed by atoms with E-state index in [2.05, 4.69) is 15.3 Å². The first-order chi connectivity index (χ1) is 14.6. The molecule has 0 radical (unpaired) electrons. The van der Waals surface area contributed by atoms with E-state index in [1.807, 2.05) is 0 Å². The third kappa shape index (κ3) is 4.63. The van der Waals surface area contributed by atoms with Gasteiger partial charge in [0.25, 0.3) is 11.1 Å². The molecule has 4 rings (SSSR count). The predicted molar refractivity (Wildman–Crippen MR) is 112 cm³/mol. The zero-order valence-electron chi connectivity index (χ0n) is 17.0. The van der Waals surface area contributed by atoms with Crippen molar-refractivity contribution in [1.82, 2.24) is 20.0 Å². The summed E-state index contributed by atoms with van der Waals surface area (Å²) in [5, 5.41) is 6.29. The Morgan fingerprint density at radius 3 is 2.63 bits per heavy atom. The number of hydrogen-bond acceptors (Lipinski definition) is 6. The predicted octanol–water partition coefficient (Wildman–Crippen LogP) is -0.0666. The Bertz CT molecular complexity index is 989. The number of morpholine rings is 1. The maximum Gasteiger partial charge on any atom is 0.273 e. The van der Waals surface area contributed by atoms with Crippen LogP contribution in [-0.2, 0) is 20.8 Å². The fourth-order valence-corrected chi connectivity index (χ4v) is 4.28. The second-order valence-corrected chi connectivity index (χ2v) is 7.84. The van der Waals surface area contributed by atoms with Gasteiger partial charge in [0.05, 0.1) is 37.1 Å². The van der Waals surface area contributed by atoms with Crippen LogP contribution in [0.4, 0.5) is 0 Å². The third-order valence-electron chi connectivity index (χ3n) is 5.98. The fraction of sp³-hybridized carbons (Fsp3) is 0.571. The van der Waals surface area contributed by atoms with Gasteiger partial charge in [-0.05, 0) is 18.6 Å². The van der Waals surface area contributed by atoms with Crippen LogP contribution in [0.15, 0.2) is 33.9 Å². The van der Waals surface area contributed by atoms with Gasteiger partial charge in [0.15, 0.2) is 0 Å². The smallest absolute Gasteiger partial charge is 0.273 e. The lowest BCUT2D eigenvalue weighted by molar-refractivity contribution is -0.121. The van der Waals surface area contributed by atoms with Gasteiger partial charge in [0.2, 0.25) is 5.91 Å². The third-order valence-corrected chi connectivity index (χ3v) is 5.98. The van der Waals surface area contributed by atoms with Crippen molar-refractivity contribution in [2.24, 2.45) is 5.92 Å². The van der Waals surface area contributed by atoms with Crippen molar-refractivity contribution in [2.45, 2.75) is 25.4 Å². The highest BCUT2D eigenvalue weighted by atomic mass is 16.5. The number of carbonyl (C=O) groups is 1. The summed E-state index contributed by atoms with van der Waals surface area (Å²) in [6, 6.07) is 6.89. The first-order valence-electron chi connectivity index (χ1n) is 10.5. The van der Waals surface area contributed by atoms with Crippen molar-refractivity contribution in [3.05, 3.63) is 45.0 Å². The Kier molecular flexibility index (Phi) is 6.61. The quantitative estimate of drug-likeness (QED) is 0.655. The highest BCUT2D eigenvalue weighted by molar-refractivity contribution is 5.80. The van der Waals surface area contributed by atoms with Gasteiger partial charge >= 0.3 is 0 Å². The summed E-state index contributed by atoms with van der Waals surface area (Å²) in [6.45, 7) is 5.25. The fourth-order valence-electron chi connectivity index (χ4n) is 4.28. The molecule has 1 aromatic heterocycles. The highest BCUT2D eigenvalue weighted by Crippen LogP contribution is 2.21. The van der Waals surface area contributed by atoms with Crippen molar-refractivity contribution in [2.75, 3.05) is 46.1 Å². The van der Waals surface area contributed by atoms with E-state index in [-0.39, 0.29) is 36.0 Å². The van der Waals surface area contributed by atoms with E-state index < -0.39 is 0 Å². The van der Waals surface area contributed by atoms with Crippen LogP contribution >= 0.6 is 0 Å². The van der Waals surface area contributed by atoms with Crippen molar-refractivity contribution in [3.8, 4) is 0 Å². The number of fused-ring (bicyclic) bond motifs is 1. The molecule has 9 heteroatoms. The van der Waals surface area contributed by atoms with Crippen LogP contribution in [0.5, 0.6) is 0 Å². The number of nitrogens with zero attached hydrogens (tertiary/aromatic N) is 2. The van der Waals surface area contributed by atoms with Crippen LogP contribution in [0, 0.1) is 5.92 Å². The van der Waals surface area contributed by atoms with E-state index in [0.717, 1.165) is 26.1 Å². The first-order valence-corrected chi connectivity index (χ1v) is 10.5. The van der Waals surface area contributed by atoms with E-state index in [0.29, 0.717) is 43.1 Å². The van der Waals surface area contributed by atoms with Crippen LogP contribution in [-0.4, -0.2) is 72.7 Å². The maximum atomic E-state index is 12.6. The van der Waals surface area contributed by atoms with Gasteiger partial charge in [-0.2, -0.15) is 0 Å². The molecule has 2 unspecified atom stereocenters. The van der Waals surface area contributed by atoms with Crippen molar-refractivity contribution in [1.29, 1.82) is 0 Å². The average molecular weight is 416 g/mol. The molecule has 0 bridgehead atoms. The number of aromatic nitrogens is 2. The van der Waals surface area contributed by atoms with Gasteiger partial charge < -0.3 is 14.8 Å². The van der Waals surface area contributed by atoms with Gasteiger partial charge in [-0.15, -0.1) is 0 Å². The van der Waals surface area contributed by atoms with Crippen LogP contribution in [0.1, 0.15) is 12.8 Å². The lowest BCUT2D eigenvalue weighted by Gasteiger charge is -2.37. The zero-order valence-corrected chi connectivity index (χ0v) is 17.0. The number of aromatic amines is 1. The van der Waals surface area contributed by atoms with Crippen molar-refractivity contribution < 1.29 is 14.3 Å². The molecule has 3 heterocycles. The number of hydrogen-bond donors (Lipinski definition) is 2. The Labute approximate surface area is 173 Å². The van der Waals surface area contributed by atoms with E-state index in [9.17, 15) is 14.4 Å². The summed E-state index contributed by atoms with van der Waals surface area (Å²) in [5.74, 6) is 0.246. The molecule has 2 N–H and O–H groups in total. The summed E-state index contributed by atoms with van der Waals surface area (Å²) in [6.07, 6.45) is 1.11. The number of carbonyl (C=O) groups excluding carboxylic acids is 1. The summed E-state index contributed by atoms with van der Waals surface area (Å²) in [5.41, 5.74) is -0.633. The van der Waals surface area contributed by atoms with E-state index >= 15 is 0 Å². The monoisotopic (exact) mass is 416 g/mol. The van der Waals surface area contributed by atoms with Crippen LogP contribution in [0.2, 0.25) is 0 Å². The molecule has 0 spiro atoms. The number of aryl methyl sites for hydroxylation is 1. The molecule has 0 saturated carbocycles. The molecule has 2 saturated heterocycles. The Morgan fingerprint density at radius 2 is 1.90 bits per heavy atom. The van der Waals surface area contributed by atoms with E-state index in [1.165, 1.54) is 4.68 Å². The van der Waals surface area contributed by atoms with E-state index in [4.69, 9.17) is 9.47 Å². The first kappa shape index (κ1) is 20.8. The Morgan fingerprint density at radius 1 is 1.13 bits per heavy atom. The minimum absolute atomic E-state index is 0.116. The van der Waals surface area contributed by atoms with Gasteiger partial charge in [0, 0.05) is 44.6 Å². The minimum atomic E-state index is -0.334. The van der Waals surface area contributed by atoms with Gasteiger partial charge in [-0.3, -0.25) is 24.4 Å². The average Bonchev–Trinajstić information content (AvgIpc) is 3.31. The lowest BCUT2D eigenvalue weighted by Crippen LogP contribution is -2.52. The maximum absolute atomic E-state index is 12.6. The van der Waals surface area contributed by atoms with Gasteiger partial charge in [-0.1, -0.05) is 12.1 Å². The number of ether oxygens (including phenoxy) is 2. The molecule has 2 atom stereocenters. The molecule has 9 nitrogen and oxygen atoms in total. The normalized spacial score (nSPS) is 21.0. The second kappa shape index (κ2) is 9.55. The molecule has 2 aromatic rings. The molecule has 1 amide bonds. The van der Waals surface area contributed by atoms with Crippen LogP contribution in [0.3, 0.4) is 0 Å². The molecule has 2 aliphatic heterocycles. The summed E-state index contributed by atoms with van der Waals surface area (Å²) < 4.78 is 12.2. The number of H-pyrrole nitrogens is 1. The van der Waals surface area contributed by atoms with Crippen molar-refractivity contribution in [3.63, 3.8) is 0 Å². The largest absolute Gasteiger partial charge is 0.381 e. The van der Waals surface area contributed by atoms with Gasteiger partial charge in [0.1, 0.15) is 0 Å². The van der Waals surface area contributed by atoms with Crippen LogP contribution < -0.4 is 16.4 Å². The Hall–Kier alpha value is -2.49. The highest BCUT2D eigenvalue weighted by Gasteiger charge is 2.31. The van der Waals surface area contributed by atoms with Crippen LogP contribution in [0.25, 0.3) is 10.8 Å². The van der Waals surface area contributed by atoms with Crippen molar-refractivity contribution >= 4 is 16.7 Å². The molecule has 2 aliphatic rings. The molecule has 30 heavy (non-hydrogen) atoms. The molecule has 2 fully saturated rings. The minimum Gasteiger partial charge on any atom is -0.381 e. The standard InChI is InChI=1S/C21H28N4O5/c26-19(5-7-25-21(28)17-4-2-1-3-16(17)20(27)23-25)22-13-18(15-6-10-30-14-15)24-8-11-29-12-9-24/h1-4,15,18H,5-14H2,(H,22,26)(H,23,27). The number of benzene rings is 1. The SMILES string of the molecule is O=C(CCn1[nH]c(=O)c2ccccc2c1=O)NCC(C1CCOC1)N1CCOCC1. The topological polar surface area (TPSA) is 106 Å². The second-order valence-electron chi connectivity index (χ2n) is 7.84. The number of rotatable bonds is 7. The van der Waals surface area contributed by atoms with E-state index in [1.54, 1.807) is 24.3 Å². The Balaban J connectivity index is 1.37. The lowest BCUT2D eigenvalue weighted by atomic mass is 9.97. The number of amides is 1. The number of nitrogens with one attached hydrogen (secondary N) is 2. The summed E-state index contributed by atoms with van der Waals surface area (Å²) in [4.78, 5) is 39.6. The molecule has 1 aromatic carbocycles.